The molecule has 1 aromatic carbocycles. The Hall–Kier alpha value is -1.68. The number of thiazole rings is 1. The SMILES string of the molecule is CCC(CC)C(=O)NCc1ncc(Cc2ccc(C)cc2)s1. The Morgan fingerprint density at radius 3 is 2.55 bits per heavy atom. The van der Waals surface area contributed by atoms with Crippen LogP contribution in [0.5, 0.6) is 0 Å². The maximum Gasteiger partial charge on any atom is 0.223 e. The van der Waals surface area contributed by atoms with Crippen molar-refractivity contribution in [3.63, 3.8) is 0 Å². The topological polar surface area (TPSA) is 42.0 Å². The fraction of sp³-hybridized carbons (Fsp3) is 0.444. The Kier molecular flexibility index (Phi) is 6.13. The average molecular weight is 316 g/mol. The van der Waals surface area contributed by atoms with Gasteiger partial charge in [-0.25, -0.2) is 4.98 Å². The summed E-state index contributed by atoms with van der Waals surface area (Å²) >= 11 is 1.67. The van der Waals surface area contributed by atoms with Crippen molar-refractivity contribution in [2.24, 2.45) is 5.92 Å². The van der Waals surface area contributed by atoms with Gasteiger partial charge in [-0.1, -0.05) is 43.7 Å². The first-order valence-corrected chi connectivity index (χ1v) is 8.70. The van der Waals surface area contributed by atoms with Gasteiger partial charge < -0.3 is 5.32 Å². The molecule has 2 rings (SSSR count). The largest absolute Gasteiger partial charge is 0.349 e. The lowest BCUT2D eigenvalue weighted by atomic mass is 10.0. The number of hydrogen-bond acceptors (Lipinski definition) is 3. The summed E-state index contributed by atoms with van der Waals surface area (Å²) in [5.74, 6) is 0.257. The number of nitrogens with one attached hydrogen (secondary N) is 1. The molecular formula is C18H24N2OS. The van der Waals surface area contributed by atoms with E-state index in [-0.39, 0.29) is 11.8 Å². The quantitative estimate of drug-likeness (QED) is 0.836. The molecule has 0 aliphatic rings. The van der Waals surface area contributed by atoms with Crippen molar-refractivity contribution in [3.8, 4) is 0 Å². The molecule has 0 aliphatic carbocycles. The number of carbonyl (C=O) groups excluding carboxylic acids is 1. The van der Waals surface area contributed by atoms with Gasteiger partial charge in [-0.3, -0.25) is 4.79 Å². The zero-order chi connectivity index (χ0) is 15.9. The van der Waals surface area contributed by atoms with Crippen molar-refractivity contribution < 1.29 is 4.79 Å². The minimum Gasteiger partial charge on any atom is -0.349 e. The Morgan fingerprint density at radius 1 is 1.23 bits per heavy atom. The van der Waals surface area contributed by atoms with Crippen molar-refractivity contribution in [1.82, 2.24) is 10.3 Å². The molecule has 1 N–H and O–H groups in total. The van der Waals surface area contributed by atoms with Crippen LogP contribution in [0.25, 0.3) is 0 Å². The van der Waals surface area contributed by atoms with Crippen molar-refractivity contribution >= 4 is 17.2 Å². The summed E-state index contributed by atoms with van der Waals surface area (Å²) in [6.07, 6.45) is 4.60. The van der Waals surface area contributed by atoms with Crippen molar-refractivity contribution in [2.75, 3.05) is 0 Å². The molecule has 1 aromatic heterocycles. The molecule has 3 nitrogen and oxygen atoms in total. The zero-order valence-electron chi connectivity index (χ0n) is 13.6. The summed E-state index contributed by atoms with van der Waals surface area (Å²) in [6, 6.07) is 8.58. The summed E-state index contributed by atoms with van der Waals surface area (Å²) in [7, 11) is 0. The summed E-state index contributed by atoms with van der Waals surface area (Å²) in [4.78, 5) is 17.6. The van der Waals surface area contributed by atoms with Crippen LogP contribution in [0.1, 0.15) is 47.7 Å². The summed E-state index contributed by atoms with van der Waals surface area (Å²) in [5, 5.41) is 3.97. The second-order valence-corrected chi connectivity index (χ2v) is 6.81. The molecule has 0 aliphatic heterocycles. The van der Waals surface area contributed by atoms with E-state index in [9.17, 15) is 4.79 Å². The highest BCUT2D eigenvalue weighted by Gasteiger charge is 2.14. The third-order valence-corrected chi connectivity index (χ3v) is 4.87. The van der Waals surface area contributed by atoms with E-state index in [0.29, 0.717) is 6.54 Å². The number of hydrogen-bond donors (Lipinski definition) is 1. The van der Waals surface area contributed by atoms with E-state index in [0.717, 1.165) is 24.3 Å². The van der Waals surface area contributed by atoms with E-state index in [1.807, 2.05) is 6.20 Å². The van der Waals surface area contributed by atoms with Crippen LogP contribution in [-0.4, -0.2) is 10.9 Å². The van der Waals surface area contributed by atoms with Gasteiger partial charge in [0, 0.05) is 23.4 Å². The van der Waals surface area contributed by atoms with E-state index in [1.54, 1.807) is 11.3 Å². The van der Waals surface area contributed by atoms with Crippen LogP contribution in [0.15, 0.2) is 30.5 Å². The van der Waals surface area contributed by atoms with Crippen LogP contribution >= 0.6 is 11.3 Å². The van der Waals surface area contributed by atoms with Crippen LogP contribution in [-0.2, 0) is 17.8 Å². The standard InChI is InChI=1S/C18H24N2OS/c1-4-15(5-2)18(21)20-12-17-19-11-16(22-17)10-14-8-6-13(3)7-9-14/h6-9,11,15H,4-5,10,12H2,1-3H3,(H,20,21). The molecular weight excluding hydrogens is 292 g/mol. The van der Waals surface area contributed by atoms with Crippen LogP contribution in [0, 0.1) is 12.8 Å². The second kappa shape index (κ2) is 8.08. The van der Waals surface area contributed by atoms with Gasteiger partial charge in [0.15, 0.2) is 0 Å². The first kappa shape index (κ1) is 16.7. The first-order valence-electron chi connectivity index (χ1n) is 7.89. The normalized spacial score (nSPS) is 10.9. The van der Waals surface area contributed by atoms with Crippen LogP contribution in [0.4, 0.5) is 0 Å². The second-order valence-electron chi connectivity index (χ2n) is 5.61. The number of aromatic nitrogens is 1. The van der Waals surface area contributed by atoms with E-state index < -0.39 is 0 Å². The van der Waals surface area contributed by atoms with Crippen molar-refractivity contribution in [2.45, 2.75) is 46.6 Å². The van der Waals surface area contributed by atoms with Gasteiger partial charge in [-0.05, 0) is 25.3 Å². The fourth-order valence-electron chi connectivity index (χ4n) is 2.39. The van der Waals surface area contributed by atoms with Gasteiger partial charge in [0.25, 0.3) is 0 Å². The Bertz CT molecular complexity index is 600. The van der Waals surface area contributed by atoms with E-state index in [4.69, 9.17) is 0 Å². The molecule has 22 heavy (non-hydrogen) atoms. The average Bonchev–Trinajstić information content (AvgIpc) is 2.96. The molecule has 0 spiro atoms. The molecule has 4 heteroatoms. The van der Waals surface area contributed by atoms with Gasteiger partial charge >= 0.3 is 0 Å². The summed E-state index contributed by atoms with van der Waals surface area (Å²) in [6.45, 7) is 6.73. The van der Waals surface area contributed by atoms with Gasteiger partial charge in [0.05, 0.1) is 6.54 Å². The summed E-state index contributed by atoms with van der Waals surface area (Å²) in [5.41, 5.74) is 2.57. The van der Waals surface area contributed by atoms with Crippen molar-refractivity contribution in [3.05, 3.63) is 51.5 Å². The molecule has 118 valence electrons. The first-order chi connectivity index (χ1) is 10.6. The highest BCUT2D eigenvalue weighted by atomic mass is 32.1. The molecule has 1 heterocycles. The molecule has 0 atom stereocenters. The number of carbonyl (C=O) groups is 1. The highest BCUT2D eigenvalue weighted by Crippen LogP contribution is 2.18. The molecule has 0 saturated heterocycles. The van der Waals surface area contributed by atoms with Gasteiger partial charge in [0.1, 0.15) is 5.01 Å². The van der Waals surface area contributed by atoms with E-state index in [2.05, 4.69) is 55.3 Å². The zero-order valence-corrected chi connectivity index (χ0v) is 14.4. The molecule has 0 bridgehead atoms. The lowest BCUT2D eigenvalue weighted by molar-refractivity contribution is -0.125. The van der Waals surface area contributed by atoms with E-state index in [1.165, 1.54) is 16.0 Å². The lowest BCUT2D eigenvalue weighted by Gasteiger charge is -2.11. The van der Waals surface area contributed by atoms with Crippen molar-refractivity contribution in [1.29, 1.82) is 0 Å². The Labute approximate surface area is 136 Å². The monoisotopic (exact) mass is 316 g/mol. The number of aryl methyl sites for hydroxylation is 1. The third kappa shape index (κ3) is 4.67. The predicted molar refractivity (Wildman–Crippen MR) is 92.0 cm³/mol. The molecule has 0 radical (unpaired) electrons. The van der Waals surface area contributed by atoms with Gasteiger partial charge in [-0.15, -0.1) is 11.3 Å². The lowest BCUT2D eigenvalue weighted by Crippen LogP contribution is -2.29. The number of nitrogens with zero attached hydrogens (tertiary/aromatic N) is 1. The van der Waals surface area contributed by atoms with Crippen LogP contribution in [0.3, 0.4) is 0 Å². The minimum absolute atomic E-state index is 0.118. The number of rotatable bonds is 7. The Balaban J connectivity index is 1.88. The summed E-state index contributed by atoms with van der Waals surface area (Å²) < 4.78 is 0. The molecule has 0 unspecified atom stereocenters. The maximum atomic E-state index is 12.0. The molecule has 2 aromatic rings. The maximum absolute atomic E-state index is 12.0. The van der Waals surface area contributed by atoms with Gasteiger partial charge in [-0.2, -0.15) is 0 Å². The van der Waals surface area contributed by atoms with Gasteiger partial charge in [0.2, 0.25) is 5.91 Å². The van der Waals surface area contributed by atoms with Crippen LogP contribution < -0.4 is 5.32 Å². The fourth-order valence-corrected chi connectivity index (χ4v) is 3.28. The minimum atomic E-state index is 0.118. The Morgan fingerprint density at radius 2 is 1.91 bits per heavy atom. The molecule has 0 saturated carbocycles. The van der Waals surface area contributed by atoms with E-state index >= 15 is 0 Å². The molecule has 1 amide bonds. The number of amides is 1. The highest BCUT2D eigenvalue weighted by molar-refractivity contribution is 7.11. The third-order valence-electron chi connectivity index (χ3n) is 3.87. The van der Waals surface area contributed by atoms with Crippen LogP contribution in [0.2, 0.25) is 0 Å². The predicted octanol–water partition coefficient (Wildman–Crippen LogP) is 4.09. The number of benzene rings is 1. The smallest absolute Gasteiger partial charge is 0.223 e. The molecule has 0 fully saturated rings.